The van der Waals surface area contributed by atoms with Gasteiger partial charge >= 0.3 is 5.97 Å². The van der Waals surface area contributed by atoms with Gasteiger partial charge in [-0.3, -0.25) is 4.79 Å². The van der Waals surface area contributed by atoms with E-state index in [0.717, 1.165) is 31.4 Å². The summed E-state index contributed by atoms with van der Waals surface area (Å²) in [6.07, 6.45) is 3.85. The molecule has 10 nitrogen and oxygen atoms in total. The van der Waals surface area contributed by atoms with Gasteiger partial charge in [0.15, 0.2) is 0 Å². The number of rotatable bonds is 27. The third-order valence-electron chi connectivity index (χ3n) is 5.44. The zero-order valence-corrected chi connectivity index (χ0v) is 23.4. The predicted molar refractivity (Wildman–Crippen MR) is 146 cm³/mol. The van der Waals surface area contributed by atoms with Crippen molar-refractivity contribution in [1.29, 1.82) is 0 Å². The Hall–Kier alpha value is -1.95. The number of carbonyl (C=O) groups is 1. The average Bonchev–Trinajstić information content (AvgIpc) is 2.93. The van der Waals surface area contributed by atoms with Crippen LogP contribution in [0, 0.1) is 5.92 Å². The lowest BCUT2D eigenvalue weighted by atomic mass is 10.00. The summed E-state index contributed by atoms with van der Waals surface area (Å²) in [6, 6.07) is 7.26. The van der Waals surface area contributed by atoms with E-state index in [2.05, 4.69) is 6.92 Å². The Kier molecular flexibility index (Phi) is 22.7. The lowest BCUT2D eigenvalue weighted by molar-refractivity contribution is -0.150. The van der Waals surface area contributed by atoms with Crippen LogP contribution in [-0.4, -0.2) is 98.5 Å². The molecule has 0 aliphatic rings. The number of benzene rings is 1. The summed E-state index contributed by atoms with van der Waals surface area (Å²) >= 11 is 0. The zero-order chi connectivity index (χ0) is 27.5. The fraction of sp³-hybridized carbons (Fsp3) is 0.750. The standard InChI is InChI=1S/C28H49NO9/c1-3-5-6-25(4-2)28(30)38-24-22-36-20-18-34-16-14-32-12-11-31-13-15-33-17-19-35-21-23-37-27-9-7-26(29)8-10-27/h7-10,25H,3-6,11-24,29H2,1-2H3. The highest BCUT2D eigenvalue weighted by molar-refractivity contribution is 5.72. The molecule has 1 aromatic carbocycles. The quantitative estimate of drug-likeness (QED) is 0.100. The molecule has 0 fully saturated rings. The molecule has 1 aromatic rings. The van der Waals surface area contributed by atoms with Crippen LogP contribution >= 0.6 is 0 Å². The van der Waals surface area contributed by atoms with Gasteiger partial charge in [0.1, 0.15) is 19.0 Å². The Balaban J connectivity index is 1.72. The number of carbonyl (C=O) groups excluding carboxylic acids is 1. The van der Waals surface area contributed by atoms with Crippen LogP contribution in [0.15, 0.2) is 24.3 Å². The second kappa shape index (κ2) is 25.3. The Labute approximate surface area is 228 Å². The van der Waals surface area contributed by atoms with Gasteiger partial charge in [0.25, 0.3) is 0 Å². The Bertz CT molecular complexity index is 660. The Morgan fingerprint density at radius 3 is 1.50 bits per heavy atom. The fourth-order valence-electron chi connectivity index (χ4n) is 3.24. The summed E-state index contributed by atoms with van der Waals surface area (Å²) in [4.78, 5) is 12.0. The van der Waals surface area contributed by atoms with E-state index in [0.29, 0.717) is 91.6 Å². The van der Waals surface area contributed by atoms with E-state index in [1.54, 1.807) is 12.1 Å². The molecule has 1 rings (SSSR count). The van der Waals surface area contributed by atoms with Crippen LogP contribution < -0.4 is 10.5 Å². The highest BCUT2D eigenvalue weighted by Gasteiger charge is 2.16. The van der Waals surface area contributed by atoms with E-state index in [9.17, 15) is 4.79 Å². The van der Waals surface area contributed by atoms with Crippen molar-refractivity contribution in [3.63, 3.8) is 0 Å². The van der Waals surface area contributed by atoms with E-state index in [1.165, 1.54) is 0 Å². The molecule has 0 spiro atoms. The summed E-state index contributed by atoms with van der Waals surface area (Å²) in [6.45, 7) is 10.7. The van der Waals surface area contributed by atoms with Gasteiger partial charge in [-0.05, 0) is 37.1 Å². The first-order valence-electron chi connectivity index (χ1n) is 13.8. The molecule has 38 heavy (non-hydrogen) atoms. The zero-order valence-electron chi connectivity index (χ0n) is 23.4. The van der Waals surface area contributed by atoms with Crippen molar-refractivity contribution in [3.05, 3.63) is 24.3 Å². The van der Waals surface area contributed by atoms with Crippen LogP contribution in [0.25, 0.3) is 0 Å². The van der Waals surface area contributed by atoms with Crippen LogP contribution in [0.3, 0.4) is 0 Å². The minimum atomic E-state index is -0.118. The summed E-state index contributed by atoms with van der Waals surface area (Å²) in [5.74, 6) is 0.655. The second-order valence-corrected chi connectivity index (χ2v) is 8.51. The van der Waals surface area contributed by atoms with Crippen molar-refractivity contribution >= 4 is 11.7 Å². The number of hydrogen-bond acceptors (Lipinski definition) is 10. The summed E-state index contributed by atoms with van der Waals surface area (Å²) in [7, 11) is 0. The average molecular weight is 544 g/mol. The number of unbranched alkanes of at least 4 members (excludes halogenated alkanes) is 1. The van der Waals surface area contributed by atoms with Crippen LogP contribution in [-0.2, 0) is 38.0 Å². The SMILES string of the molecule is CCCCC(CC)C(=O)OCCOCCOCCOCCOCCOCCOCCOc1ccc(N)cc1. The molecule has 1 unspecified atom stereocenters. The van der Waals surface area contributed by atoms with Crippen molar-refractivity contribution in [2.75, 3.05) is 98.2 Å². The molecule has 0 saturated heterocycles. The maximum atomic E-state index is 12.0. The van der Waals surface area contributed by atoms with Gasteiger partial charge in [0, 0.05) is 5.69 Å². The first-order chi connectivity index (χ1) is 18.7. The minimum absolute atomic E-state index is 0.000983. The molecule has 10 heteroatoms. The number of anilines is 1. The van der Waals surface area contributed by atoms with Crippen molar-refractivity contribution in [2.45, 2.75) is 39.5 Å². The molecule has 0 aromatic heterocycles. The molecule has 0 aliphatic heterocycles. The van der Waals surface area contributed by atoms with Gasteiger partial charge in [0.2, 0.25) is 0 Å². The maximum Gasteiger partial charge on any atom is 0.308 e. The highest BCUT2D eigenvalue weighted by Crippen LogP contribution is 2.14. The summed E-state index contributed by atoms with van der Waals surface area (Å²) in [5.41, 5.74) is 6.34. The third-order valence-corrected chi connectivity index (χ3v) is 5.44. The Morgan fingerprint density at radius 2 is 1.08 bits per heavy atom. The van der Waals surface area contributed by atoms with E-state index in [-0.39, 0.29) is 18.5 Å². The van der Waals surface area contributed by atoms with Gasteiger partial charge in [-0.1, -0.05) is 26.7 Å². The number of hydrogen-bond donors (Lipinski definition) is 1. The largest absolute Gasteiger partial charge is 0.491 e. The lowest BCUT2D eigenvalue weighted by Gasteiger charge is -2.13. The van der Waals surface area contributed by atoms with Crippen molar-refractivity contribution in [3.8, 4) is 5.75 Å². The maximum absolute atomic E-state index is 12.0. The van der Waals surface area contributed by atoms with Crippen LogP contribution in [0.2, 0.25) is 0 Å². The van der Waals surface area contributed by atoms with E-state index in [4.69, 9.17) is 43.6 Å². The molecule has 0 aliphatic carbocycles. The first-order valence-corrected chi connectivity index (χ1v) is 13.8. The van der Waals surface area contributed by atoms with Crippen LogP contribution in [0.5, 0.6) is 5.75 Å². The molecule has 1 atom stereocenters. The third kappa shape index (κ3) is 20.1. The van der Waals surface area contributed by atoms with E-state index >= 15 is 0 Å². The monoisotopic (exact) mass is 543 g/mol. The van der Waals surface area contributed by atoms with Crippen LogP contribution in [0.4, 0.5) is 5.69 Å². The molecule has 0 heterocycles. The smallest absolute Gasteiger partial charge is 0.308 e. The van der Waals surface area contributed by atoms with Gasteiger partial charge in [-0.15, -0.1) is 0 Å². The van der Waals surface area contributed by atoms with Gasteiger partial charge in [-0.25, -0.2) is 0 Å². The molecule has 0 amide bonds. The summed E-state index contributed by atoms with van der Waals surface area (Å²) < 4.78 is 43.6. The second-order valence-electron chi connectivity index (χ2n) is 8.51. The van der Waals surface area contributed by atoms with Gasteiger partial charge in [-0.2, -0.15) is 0 Å². The Morgan fingerprint density at radius 1 is 0.658 bits per heavy atom. The van der Waals surface area contributed by atoms with Crippen LogP contribution in [0.1, 0.15) is 39.5 Å². The number of nitrogens with two attached hydrogens (primary N) is 1. The first kappa shape index (κ1) is 34.1. The molecular formula is C28H49NO9. The number of nitrogen functional groups attached to an aromatic ring is 1. The highest BCUT2D eigenvalue weighted by atomic mass is 16.6. The van der Waals surface area contributed by atoms with Crippen molar-refractivity contribution in [1.82, 2.24) is 0 Å². The molecule has 2 N–H and O–H groups in total. The van der Waals surface area contributed by atoms with Crippen molar-refractivity contribution in [2.24, 2.45) is 5.92 Å². The van der Waals surface area contributed by atoms with Gasteiger partial charge < -0.3 is 43.6 Å². The molecule has 220 valence electrons. The van der Waals surface area contributed by atoms with E-state index < -0.39 is 0 Å². The molecule has 0 bridgehead atoms. The molecule has 0 saturated carbocycles. The molecule has 0 radical (unpaired) electrons. The van der Waals surface area contributed by atoms with Gasteiger partial charge in [0.05, 0.1) is 85.2 Å². The predicted octanol–water partition coefficient (Wildman–Crippen LogP) is 3.51. The molecular weight excluding hydrogens is 494 g/mol. The fourth-order valence-corrected chi connectivity index (χ4v) is 3.24. The number of esters is 1. The number of ether oxygens (including phenoxy) is 8. The van der Waals surface area contributed by atoms with Crippen molar-refractivity contribution < 1.29 is 42.7 Å². The minimum Gasteiger partial charge on any atom is -0.491 e. The topological polar surface area (TPSA) is 117 Å². The lowest BCUT2D eigenvalue weighted by Crippen LogP contribution is -2.20. The summed E-state index contributed by atoms with van der Waals surface area (Å²) in [5, 5.41) is 0. The van der Waals surface area contributed by atoms with E-state index in [1.807, 2.05) is 19.1 Å². The normalized spacial score (nSPS) is 11.9.